The molecule has 36 heavy (non-hydrogen) atoms. The van der Waals surface area contributed by atoms with E-state index in [-0.39, 0.29) is 11.4 Å². The van der Waals surface area contributed by atoms with Crippen LogP contribution in [0.4, 0.5) is 0 Å². The van der Waals surface area contributed by atoms with E-state index < -0.39 is 0 Å². The van der Waals surface area contributed by atoms with Gasteiger partial charge in [0.2, 0.25) is 0 Å². The van der Waals surface area contributed by atoms with E-state index in [0.29, 0.717) is 11.6 Å². The Hall–Kier alpha value is -3.38. The van der Waals surface area contributed by atoms with Gasteiger partial charge in [-0.15, -0.1) is 0 Å². The number of aromatic amines is 1. The summed E-state index contributed by atoms with van der Waals surface area (Å²) in [6, 6.07) is 18.9. The number of nitrogens with zero attached hydrogens (tertiary/aromatic N) is 2. The second-order valence-corrected chi connectivity index (χ2v) is 10.5. The molecule has 1 aromatic heterocycles. The van der Waals surface area contributed by atoms with E-state index in [0.717, 1.165) is 58.3 Å². The number of amides is 1. The summed E-state index contributed by atoms with van der Waals surface area (Å²) in [5.41, 5.74) is 3.15. The van der Waals surface area contributed by atoms with Crippen molar-refractivity contribution in [2.75, 3.05) is 19.7 Å². The van der Waals surface area contributed by atoms with Crippen LogP contribution in [0.3, 0.4) is 0 Å². The average molecular weight is 485 g/mol. The summed E-state index contributed by atoms with van der Waals surface area (Å²) >= 11 is 0. The van der Waals surface area contributed by atoms with E-state index in [2.05, 4.69) is 70.7 Å². The number of fused-ring (bicyclic) bond motifs is 2. The first-order chi connectivity index (χ1) is 17.4. The lowest BCUT2D eigenvalue weighted by Gasteiger charge is -2.24. The summed E-state index contributed by atoms with van der Waals surface area (Å²) in [5, 5.41) is 14.0. The minimum absolute atomic E-state index is 0.0680. The zero-order valence-corrected chi connectivity index (χ0v) is 21.7. The Labute approximate surface area is 213 Å². The third kappa shape index (κ3) is 4.96. The number of nitrogens with one attached hydrogen (secondary N) is 2. The zero-order valence-electron chi connectivity index (χ0n) is 21.7. The van der Waals surface area contributed by atoms with Gasteiger partial charge in [0.25, 0.3) is 5.91 Å². The summed E-state index contributed by atoms with van der Waals surface area (Å²) in [4.78, 5) is 15.4. The van der Waals surface area contributed by atoms with Crippen molar-refractivity contribution in [2.24, 2.45) is 0 Å². The molecule has 6 heteroatoms. The van der Waals surface area contributed by atoms with E-state index >= 15 is 0 Å². The largest absolute Gasteiger partial charge is 0.492 e. The Kier molecular flexibility index (Phi) is 6.71. The highest BCUT2D eigenvalue weighted by molar-refractivity contribution is 6.02. The second-order valence-electron chi connectivity index (χ2n) is 10.5. The van der Waals surface area contributed by atoms with Crippen molar-refractivity contribution in [3.63, 3.8) is 0 Å². The van der Waals surface area contributed by atoms with Gasteiger partial charge in [0.1, 0.15) is 12.4 Å². The quantitative estimate of drug-likeness (QED) is 0.314. The number of carbonyl (C=O) groups is 1. The van der Waals surface area contributed by atoms with Crippen molar-refractivity contribution in [1.29, 1.82) is 0 Å². The average Bonchev–Trinajstić information content (AvgIpc) is 3.53. The molecule has 6 nitrogen and oxygen atoms in total. The van der Waals surface area contributed by atoms with Gasteiger partial charge in [0.05, 0.1) is 11.2 Å². The Bertz CT molecular complexity index is 1390. The van der Waals surface area contributed by atoms with Gasteiger partial charge in [-0.1, -0.05) is 32.0 Å². The topological polar surface area (TPSA) is 70.2 Å². The van der Waals surface area contributed by atoms with Gasteiger partial charge >= 0.3 is 0 Å². The van der Waals surface area contributed by atoms with Crippen LogP contribution in [0.5, 0.6) is 5.75 Å². The molecule has 3 aromatic carbocycles. The molecule has 2 heterocycles. The van der Waals surface area contributed by atoms with Crippen LogP contribution in [-0.4, -0.2) is 52.3 Å². The number of hydrogen-bond acceptors (Lipinski definition) is 4. The van der Waals surface area contributed by atoms with Crippen LogP contribution in [0.1, 0.15) is 57.3 Å². The van der Waals surface area contributed by atoms with Gasteiger partial charge in [-0.05, 0) is 93.4 Å². The molecule has 1 amide bonds. The number of rotatable bonds is 8. The summed E-state index contributed by atoms with van der Waals surface area (Å²) in [5.74, 6) is 0.843. The maximum atomic E-state index is 12.9. The highest BCUT2D eigenvalue weighted by atomic mass is 16.5. The second kappa shape index (κ2) is 9.94. The fraction of sp³-hybridized carbons (Fsp3) is 0.400. The van der Waals surface area contributed by atoms with Crippen LogP contribution in [0.2, 0.25) is 0 Å². The van der Waals surface area contributed by atoms with Crippen LogP contribution in [0, 0.1) is 0 Å². The van der Waals surface area contributed by atoms with Gasteiger partial charge in [-0.2, -0.15) is 5.10 Å². The maximum Gasteiger partial charge on any atom is 0.251 e. The Balaban J connectivity index is 1.38. The van der Waals surface area contributed by atoms with E-state index in [9.17, 15) is 4.79 Å². The first-order valence-electron chi connectivity index (χ1n) is 13.1. The molecule has 0 spiro atoms. The fourth-order valence-corrected chi connectivity index (χ4v) is 5.00. The van der Waals surface area contributed by atoms with Crippen molar-refractivity contribution in [3.8, 4) is 17.0 Å². The molecule has 1 unspecified atom stereocenters. The number of likely N-dealkylation sites (N-methyl/N-ethyl adjacent to an activating group) is 1. The summed E-state index contributed by atoms with van der Waals surface area (Å²) < 4.78 is 6.17. The first-order valence-corrected chi connectivity index (χ1v) is 13.1. The number of benzene rings is 3. The van der Waals surface area contributed by atoms with Gasteiger partial charge < -0.3 is 10.1 Å². The lowest BCUT2D eigenvalue weighted by atomic mass is 10.00. The van der Waals surface area contributed by atoms with Crippen molar-refractivity contribution in [1.82, 2.24) is 20.4 Å². The first kappa shape index (κ1) is 24.3. The normalized spacial score (nSPS) is 16.6. The molecule has 5 rings (SSSR count). The molecular weight excluding hydrogens is 448 g/mol. The van der Waals surface area contributed by atoms with Gasteiger partial charge in [-0.3, -0.25) is 14.8 Å². The number of hydrogen-bond donors (Lipinski definition) is 2. The van der Waals surface area contributed by atoms with Crippen molar-refractivity contribution in [2.45, 2.75) is 58.5 Å². The molecule has 1 aliphatic heterocycles. The summed E-state index contributed by atoms with van der Waals surface area (Å²) in [7, 11) is 0. The Morgan fingerprint density at radius 3 is 2.72 bits per heavy atom. The lowest BCUT2D eigenvalue weighted by molar-refractivity contribution is 0.0911. The molecular formula is C30H36N4O2. The van der Waals surface area contributed by atoms with Crippen LogP contribution in [-0.2, 0) is 0 Å². The number of aromatic nitrogens is 2. The van der Waals surface area contributed by atoms with Gasteiger partial charge in [-0.25, -0.2) is 0 Å². The molecule has 0 saturated carbocycles. The standard InChI is InChI=1S/C30H36N4O2/c1-5-30(3,4)31-29(35)23-12-14-27-26(18-23)28(33-32-27)22-10-9-21-17-25(13-11-20(21)16-22)36-19-24-8-7-15-34(24)6-2/h9-14,16-18,24H,5-8,15,19H2,1-4H3,(H,31,35)(H,32,33). The van der Waals surface area contributed by atoms with Gasteiger partial charge in [0, 0.05) is 28.1 Å². The maximum absolute atomic E-state index is 12.9. The van der Waals surface area contributed by atoms with Crippen molar-refractivity contribution in [3.05, 3.63) is 60.2 Å². The molecule has 2 N–H and O–H groups in total. The van der Waals surface area contributed by atoms with E-state index in [1.807, 2.05) is 32.0 Å². The van der Waals surface area contributed by atoms with E-state index in [4.69, 9.17) is 4.74 Å². The molecule has 0 bridgehead atoms. The van der Waals surface area contributed by atoms with Crippen LogP contribution < -0.4 is 10.1 Å². The minimum atomic E-state index is -0.251. The smallest absolute Gasteiger partial charge is 0.251 e. The molecule has 1 fully saturated rings. The third-order valence-electron chi connectivity index (χ3n) is 7.59. The zero-order chi connectivity index (χ0) is 25.3. The Morgan fingerprint density at radius 1 is 1.11 bits per heavy atom. The predicted octanol–water partition coefficient (Wildman–Crippen LogP) is 6.16. The summed E-state index contributed by atoms with van der Waals surface area (Å²) in [6.45, 7) is 11.4. The summed E-state index contributed by atoms with van der Waals surface area (Å²) in [6.07, 6.45) is 3.33. The number of carbonyl (C=O) groups excluding carboxylic acids is 1. The lowest BCUT2D eigenvalue weighted by Crippen LogP contribution is -2.42. The Morgan fingerprint density at radius 2 is 1.92 bits per heavy atom. The highest BCUT2D eigenvalue weighted by Crippen LogP contribution is 2.31. The highest BCUT2D eigenvalue weighted by Gasteiger charge is 2.23. The molecule has 188 valence electrons. The number of ether oxygens (including phenoxy) is 1. The number of likely N-dealkylation sites (tertiary alicyclic amines) is 1. The SMILES string of the molecule is CCN1CCCC1COc1ccc2cc(-c3n[nH]c4ccc(C(=O)NC(C)(C)CC)cc34)ccc2c1. The third-order valence-corrected chi connectivity index (χ3v) is 7.59. The van der Waals surface area contributed by atoms with Gasteiger partial charge in [0.15, 0.2) is 0 Å². The van der Waals surface area contributed by atoms with Crippen molar-refractivity contribution >= 4 is 27.6 Å². The molecule has 0 aliphatic carbocycles. The molecule has 1 aliphatic rings. The van der Waals surface area contributed by atoms with Crippen LogP contribution in [0.25, 0.3) is 32.9 Å². The van der Waals surface area contributed by atoms with E-state index in [1.54, 1.807) is 0 Å². The fourth-order valence-electron chi connectivity index (χ4n) is 5.00. The molecule has 4 aromatic rings. The monoisotopic (exact) mass is 484 g/mol. The predicted molar refractivity (Wildman–Crippen MR) is 147 cm³/mol. The van der Waals surface area contributed by atoms with E-state index in [1.165, 1.54) is 19.4 Å². The molecule has 1 saturated heterocycles. The molecule has 0 radical (unpaired) electrons. The van der Waals surface area contributed by atoms with Crippen LogP contribution >= 0.6 is 0 Å². The van der Waals surface area contributed by atoms with Crippen LogP contribution in [0.15, 0.2) is 54.6 Å². The van der Waals surface area contributed by atoms with Crippen molar-refractivity contribution < 1.29 is 9.53 Å². The number of H-pyrrole nitrogens is 1. The minimum Gasteiger partial charge on any atom is -0.492 e. The molecule has 1 atom stereocenters.